The summed E-state index contributed by atoms with van der Waals surface area (Å²) in [5.74, 6) is -0.0835. The Bertz CT molecular complexity index is 503. The van der Waals surface area contributed by atoms with Crippen molar-refractivity contribution in [1.29, 1.82) is 0 Å². The van der Waals surface area contributed by atoms with E-state index < -0.39 is 7.69 Å². The minimum atomic E-state index is -0.750. The first-order chi connectivity index (χ1) is 9.72. The van der Waals surface area contributed by atoms with Gasteiger partial charge < -0.3 is 10.0 Å². The van der Waals surface area contributed by atoms with Gasteiger partial charge in [-0.1, -0.05) is 55.8 Å². The van der Waals surface area contributed by atoms with Crippen LogP contribution < -0.4 is 0 Å². The zero-order valence-electron chi connectivity index (χ0n) is 11.7. The van der Waals surface area contributed by atoms with Gasteiger partial charge in [0.25, 0.3) is 0 Å². The van der Waals surface area contributed by atoms with E-state index in [1.54, 1.807) is 6.07 Å². The van der Waals surface area contributed by atoms with Gasteiger partial charge >= 0.3 is 7.69 Å². The maximum atomic E-state index is 13.9. The fraction of sp³-hybridized carbons (Fsp3) is 0.250. The van der Waals surface area contributed by atoms with Gasteiger partial charge in [0, 0.05) is 0 Å². The second-order valence-corrected chi connectivity index (χ2v) is 4.42. The maximum Gasteiger partial charge on any atom is 0.432 e. The summed E-state index contributed by atoms with van der Waals surface area (Å²) in [6.07, 6.45) is 2.97. The van der Waals surface area contributed by atoms with Crippen LogP contribution in [0.3, 0.4) is 0 Å². The van der Waals surface area contributed by atoms with Crippen LogP contribution in [0.1, 0.15) is 25.3 Å². The number of benzene rings is 2. The highest BCUT2D eigenvalue weighted by molar-refractivity contribution is 6.13. The summed E-state index contributed by atoms with van der Waals surface area (Å²) in [5, 5.41) is 14.2. The fourth-order valence-electron chi connectivity index (χ4n) is 1.93. The quantitative estimate of drug-likeness (QED) is 0.841. The largest absolute Gasteiger partial charge is 0.432 e. The highest BCUT2D eigenvalue weighted by atomic mass is 19.1. The van der Waals surface area contributed by atoms with Crippen LogP contribution >= 0.6 is 0 Å². The van der Waals surface area contributed by atoms with Gasteiger partial charge in [0.05, 0.1) is 0 Å². The van der Waals surface area contributed by atoms with Crippen LogP contribution in [0.4, 0.5) is 4.39 Å². The van der Waals surface area contributed by atoms with Gasteiger partial charge in [-0.25, -0.2) is 4.39 Å². The number of rotatable bonds is 4. The molecule has 2 aromatic rings. The summed E-state index contributed by atoms with van der Waals surface area (Å²) in [5.41, 5.74) is 2.84. The van der Waals surface area contributed by atoms with E-state index in [4.69, 9.17) is 10.0 Å². The molecule has 0 aliphatic heterocycles. The normalized spacial score (nSPS) is 9.60. The van der Waals surface area contributed by atoms with Crippen molar-refractivity contribution in [3.8, 4) is 11.1 Å². The predicted molar refractivity (Wildman–Crippen MR) is 82.0 cm³/mol. The Labute approximate surface area is 120 Å². The van der Waals surface area contributed by atoms with Crippen molar-refractivity contribution < 1.29 is 14.4 Å². The SMILES string of the molecule is CCCCc1ccc(-c2ccccc2)cc1F.OBO. The molecule has 0 fully saturated rings. The number of halogens is 1. The molecule has 0 aromatic heterocycles. The van der Waals surface area contributed by atoms with E-state index in [0.717, 1.165) is 36.0 Å². The fourth-order valence-corrected chi connectivity index (χ4v) is 1.93. The third-order valence-electron chi connectivity index (χ3n) is 2.96. The first kappa shape index (κ1) is 16.4. The minimum absolute atomic E-state index is 0.0835. The smallest absolute Gasteiger partial charge is 0.430 e. The molecule has 106 valence electrons. The van der Waals surface area contributed by atoms with Gasteiger partial charge in [0.1, 0.15) is 5.82 Å². The summed E-state index contributed by atoms with van der Waals surface area (Å²) < 4.78 is 13.9. The van der Waals surface area contributed by atoms with Gasteiger partial charge in [0.15, 0.2) is 0 Å². The van der Waals surface area contributed by atoms with Crippen LogP contribution in [0.5, 0.6) is 0 Å². The summed E-state index contributed by atoms with van der Waals surface area (Å²) >= 11 is 0. The molecule has 0 heterocycles. The molecule has 2 rings (SSSR count). The maximum absolute atomic E-state index is 13.9. The van der Waals surface area contributed by atoms with Crippen LogP contribution in [-0.4, -0.2) is 17.7 Å². The van der Waals surface area contributed by atoms with Crippen LogP contribution in [0.25, 0.3) is 11.1 Å². The Morgan fingerprint density at radius 1 is 1.00 bits per heavy atom. The summed E-state index contributed by atoms with van der Waals surface area (Å²) in [6.45, 7) is 2.12. The van der Waals surface area contributed by atoms with Crippen LogP contribution in [0.15, 0.2) is 48.5 Å². The standard InChI is InChI=1S/C16H17F.BH3O2/c1-2-3-7-14-10-11-15(12-16(14)17)13-8-5-4-6-9-13;2-1-3/h4-6,8-12H,2-3,7H2,1H3;1-3H. The third kappa shape index (κ3) is 5.15. The second kappa shape index (κ2) is 9.29. The molecule has 20 heavy (non-hydrogen) atoms. The van der Waals surface area contributed by atoms with Crippen LogP contribution in [0, 0.1) is 5.82 Å². The molecule has 2 N–H and O–H groups in total. The Kier molecular flexibility index (Phi) is 7.62. The van der Waals surface area contributed by atoms with Gasteiger partial charge in [-0.15, -0.1) is 0 Å². The van der Waals surface area contributed by atoms with Crippen molar-refractivity contribution in [1.82, 2.24) is 0 Å². The molecule has 0 aliphatic carbocycles. The van der Waals surface area contributed by atoms with E-state index in [0.29, 0.717) is 0 Å². The van der Waals surface area contributed by atoms with Crippen molar-refractivity contribution in [2.45, 2.75) is 26.2 Å². The highest BCUT2D eigenvalue weighted by Crippen LogP contribution is 2.22. The molecule has 2 nitrogen and oxygen atoms in total. The predicted octanol–water partition coefficient (Wildman–Crippen LogP) is 3.07. The van der Waals surface area contributed by atoms with Crippen molar-refractivity contribution in [3.05, 3.63) is 59.9 Å². The van der Waals surface area contributed by atoms with Gasteiger partial charge in [0.2, 0.25) is 0 Å². The van der Waals surface area contributed by atoms with Crippen molar-refractivity contribution >= 4 is 7.69 Å². The van der Waals surface area contributed by atoms with Crippen molar-refractivity contribution in [2.24, 2.45) is 0 Å². The molecule has 2 aromatic carbocycles. The topological polar surface area (TPSA) is 40.5 Å². The van der Waals surface area contributed by atoms with Gasteiger partial charge in [-0.2, -0.15) is 0 Å². The lowest BCUT2D eigenvalue weighted by Gasteiger charge is -2.06. The van der Waals surface area contributed by atoms with Crippen molar-refractivity contribution in [3.63, 3.8) is 0 Å². The average molecular weight is 274 g/mol. The average Bonchev–Trinajstić information content (AvgIpc) is 2.48. The highest BCUT2D eigenvalue weighted by Gasteiger charge is 2.04. The molecule has 0 bridgehead atoms. The second-order valence-electron chi connectivity index (χ2n) is 4.42. The zero-order chi connectivity index (χ0) is 14.8. The summed E-state index contributed by atoms with van der Waals surface area (Å²) in [7, 11) is -0.750. The lowest BCUT2D eigenvalue weighted by Crippen LogP contribution is -1.91. The lowest BCUT2D eigenvalue weighted by atomic mass is 10.0. The van der Waals surface area contributed by atoms with Gasteiger partial charge in [-0.05, 0) is 35.6 Å². The number of hydrogen-bond donors (Lipinski definition) is 2. The van der Waals surface area contributed by atoms with Gasteiger partial charge in [-0.3, -0.25) is 0 Å². The Morgan fingerprint density at radius 3 is 2.20 bits per heavy atom. The molecular weight excluding hydrogens is 254 g/mol. The van der Waals surface area contributed by atoms with Crippen LogP contribution in [-0.2, 0) is 6.42 Å². The van der Waals surface area contributed by atoms with E-state index in [9.17, 15) is 4.39 Å². The molecule has 0 atom stereocenters. The summed E-state index contributed by atoms with van der Waals surface area (Å²) in [6, 6.07) is 15.5. The van der Waals surface area contributed by atoms with E-state index in [2.05, 4.69) is 6.92 Å². The van der Waals surface area contributed by atoms with Crippen LogP contribution in [0.2, 0.25) is 0 Å². The minimum Gasteiger partial charge on any atom is -0.430 e. The zero-order valence-corrected chi connectivity index (χ0v) is 11.7. The summed E-state index contributed by atoms with van der Waals surface area (Å²) in [4.78, 5) is 0. The number of unbranched alkanes of at least 4 members (excludes halogenated alkanes) is 1. The Morgan fingerprint density at radius 2 is 1.65 bits per heavy atom. The molecule has 0 spiro atoms. The van der Waals surface area contributed by atoms with Crippen molar-refractivity contribution in [2.75, 3.05) is 0 Å². The molecule has 0 radical (unpaired) electrons. The Balaban J connectivity index is 0.000000612. The molecule has 0 saturated carbocycles. The number of aryl methyl sites for hydroxylation is 1. The number of hydrogen-bond acceptors (Lipinski definition) is 2. The first-order valence-corrected chi connectivity index (χ1v) is 6.78. The Hall–Kier alpha value is -1.65. The molecule has 0 unspecified atom stereocenters. The van der Waals surface area contributed by atoms with E-state index >= 15 is 0 Å². The monoisotopic (exact) mass is 274 g/mol. The molecule has 0 amide bonds. The molecular formula is C16H20BFO2. The lowest BCUT2D eigenvalue weighted by molar-refractivity contribution is 0.448. The van der Waals surface area contributed by atoms with E-state index in [1.165, 1.54) is 0 Å². The third-order valence-corrected chi connectivity index (χ3v) is 2.96. The van der Waals surface area contributed by atoms with E-state index in [-0.39, 0.29) is 5.82 Å². The van der Waals surface area contributed by atoms with E-state index in [1.807, 2.05) is 42.5 Å². The molecule has 0 saturated heterocycles. The molecule has 0 aliphatic rings. The first-order valence-electron chi connectivity index (χ1n) is 6.78. The molecule has 4 heteroatoms.